The Kier molecular flexibility index (Phi) is 4.35. The average Bonchev–Trinajstić information content (AvgIpc) is 3.12. The van der Waals surface area contributed by atoms with E-state index in [4.69, 9.17) is 10.7 Å². The number of thiazole rings is 1. The molecule has 4 aromatic rings. The average molecular weight is 361 g/mol. The number of aromatic nitrogens is 1. The van der Waals surface area contributed by atoms with Gasteiger partial charge in [-0.05, 0) is 36.4 Å². The number of nitrogens with two attached hydrogens (primary N) is 1. The van der Waals surface area contributed by atoms with E-state index < -0.39 is 7.26 Å². The standard InChI is InChI=1S/C21H18N2PS/c22-21-23-20(16-25-21)24(17-10-4-1-5-11-17,18-12-6-2-7-13-18)19-14-8-3-9-15-19/h1-16H,(H2,22,23)/q+1. The first-order valence-electron chi connectivity index (χ1n) is 8.09. The highest BCUT2D eigenvalue weighted by Crippen LogP contribution is 2.54. The fourth-order valence-corrected chi connectivity index (χ4v) is 8.32. The second kappa shape index (κ2) is 6.79. The summed E-state index contributed by atoms with van der Waals surface area (Å²) >= 11 is 1.51. The second-order valence-electron chi connectivity index (χ2n) is 5.72. The molecule has 0 saturated heterocycles. The molecule has 0 amide bonds. The molecule has 3 aromatic carbocycles. The van der Waals surface area contributed by atoms with Crippen LogP contribution in [-0.2, 0) is 0 Å². The minimum Gasteiger partial charge on any atom is -0.375 e. The lowest BCUT2D eigenvalue weighted by Crippen LogP contribution is -2.39. The van der Waals surface area contributed by atoms with Crippen LogP contribution >= 0.6 is 18.6 Å². The third-order valence-electron chi connectivity index (χ3n) is 4.28. The van der Waals surface area contributed by atoms with Crippen molar-refractivity contribution in [2.75, 3.05) is 5.73 Å². The predicted octanol–water partition coefficient (Wildman–Crippen LogP) is 3.34. The molecule has 2 N–H and O–H groups in total. The second-order valence-corrected chi connectivity index (χ2v) is 9.96. The van der Waals surface area contributed by atoms with E-state index in [-0.39, 0.29) is 0 Å². The summed E-state index contributed by atoms with van der Waals surface area (Å²) in [6, 6.07) is 32.1. The Labute approximate surface area is 152 Å². The van der Waals surface area contributed by atoms with Crippen LogP contribution in [0, 0.1) is 0 Å². The molecule has 4 heteroatoms. The molecule has 0 atom stereocenters. The summed E-state index contributed by atoms with van der Waals surface area (Å²) in [5.41, 5.74) is 7.10. The van der Waals surface area contributed by atoms with Crippen LogP contribution in [0.3, 0.4) is 0 Å². The van der Waals surface area contributed by atoms with E-state index in [1.807, 2.05) is 0 Å². The molecule has 25 heavy (non-hydrogen) atoms. The van der Waals surface area contributed by atoms with Crippen LogP contribution in [-0.4, -0.2) is 4.98 Å². The topological polar surface area (TPSA) is 38.9 Å². The van der Waals surface area contributed by atoms with Gasteiger partial charge >= 0.3 is 0 Å². The van der Waals surface area contributed by atoms with Gasteiger partial charge in [0.25, 0.3) is 0 Å². The molecule has 4 rings (SSSR count). The summed E-state index contributed by atoms with van der Waals surface area (Å²) in [6.45, 7) is 0. The van der Waals surface area contributed by atoms with Gasteiger partial charge in [-0.25, -0.2) is 0 Å². The molecule has 0 aliphatic rings. The molecule has 1 heterocycles. The number of rotatable bonds is 4. The van der Waals surface area contributed by atoms with E-state index in [2.05, 4.69) is 96.4 Å². The Morgan fingerprint density at radius 3 is 1.36 bits per heavy atom. The largest absolute Gasteiger partial charge is 0.375 e. The Hall–Kier alpha value is -2.48. The molecular formula is C21H18N2PS+. The van der Waals surface area contributed by atoms with E-state index in [9.17, 15) is 0 Å². The van der Waals surface area contributed by atoms with Gasteiger partial charge in [-0.2, -0.15) is 4.98 Å². The highest BCUT2D eigenvalue weighted by atomic mass is 32.1. The summed E-state index contributed by atoms with van der Waals surface area (Å²) in [5.74, 6) is 0. The molecule has 0 fully saturated rings. The van der Waals surface area contributed by atoms with Gasteiger partial charge in [0.05, 0.1) is 5.38 Å². The van der Waals surface area contributed by atoms with Crippen LogP contribution in [0.1, 0.15) is 0 Å². The van der Waals surface area contributed by atoms with Crippen LogP contribution < -0.4 is 27.1 Å². The van der Waals surface area contributed by atoms with Crippen molar-refractivity contribution in [2.45, 2.75) is 0 Å². The van der Waals surface area contributed by atoms with Crippen molar-refractivity contribution in [1.82, 2.24) is 4.98 Å². The highest BCUT2D eigenvalue weighted by molar-refractivity contribution is 8.01. The maximum absolute atomic E-state index is 6.03. The van der Waals surface area contributed by atoms with E-state index in [1.54, 1.807) is 0 Å². The summed E-state index contributed by atoms with van der Waals surface area (Å²) in [5, 5.41) is 6.60. The van der Waals surface area contributed by atoms with Gasteiger partial charge in [0.2, 0.25) is 5.44 Å². The van der Waals surface area contributed by atoms with Crippen LogP contribution in [0.2, 0.25) is 0 Å². The number of nitrogen functional groups attached to an aromatic ring is 1. The highest BCUT2D eigenvalue weighted by Gasteiger charge is 2.49. The molecule has 0 spiro atoms. The molecule has 0 radical (unpaired) electrons. The molecule has 0 aliphatic carbocycles. The molecule has 0 saturated carbocycles. The van der Waals surface area contributed by atoms with Gasteiger partial charge in [-0.3, -0.25) is 0 Å². The number of hydrogen-bond acceptors (Lipinski definition) is 3. The van der Waals surface area contributed by atoms with E-state index in [0.29, 0.717) is 5.13 Å². The molecule has 122 valence electrons. The zero-order chi connectivity index (χ0) is 17.1. The lowest BCUT2D eigenvalue weighted by molar-refractivity contribution is 1.48. The maximum atomic E-state index is 6.03. The Morgan fingerprint density at radius 1 is 0.640 bits per heavy atom. The SMILES string of the molecule is Nc1nc([P+](c2ccccc2)(c2ccccc2)c2ccccc2)cs1. The van der Waals surface area contributed by atoms with Gasteiger partial charge in [-0.15, -0.1) is 11.3 Å². The van der Waals surface area contributed by atoms with Crippen LogP contribution in [0.4, 0.5) is 5.13 Å². The van der Waals surface area contributed by atoms with Gasteiger partial charge in [0.15, 0.2) is 12.4 Å². The van der Waals surface area contributed by atoms with Gasteiger partial charge in [0.1, 0.15) is 15.9 Å². The Bertz CT molecular complexity index is 856. The van der Waals surface area contributed by atoms with Gasteiger partial charge < -0.3 is 5.73 Å². The van der Waals surface area contributed by atoms with Crippen molar-refractivity contribution in [3.63, 3.8) is 0 Å². The monoisotopic (exact) mass is 361 g/mol. The van der Waals surface area contributed by atoms with Crippen LogP contribution in [0.15, 0.2) is 96.4 Å². The molecule has 2 nitrogen and oxygen atoms in total. The molecule has 0 bridgehead atoms. The minimum absolute atomic E-state index is 0.613. The lowest BCUT2D eigenvalue weighted by atomic mass is 10.4. The van der Waals surface area contributed by atoms with Crippen molar-refractivity contribution >= 4 is 45.1 Å². The van der Waals surface area contributed by atoms with Crippen molar-refractivity contribution in [3.8, 4) is 0 Å². The number of benzene rings is 3. The van der Waals surface area contributed by atoms with Crippen molar-refractivity contribution in [2.24, 2.45) is 0 Å². The van der Waals surface area contributed by atoms with Crippen molar-refractivity contribution < 1.29 is 0 Å². The fraction of sp³-hybridized carbons (Fsp3) is 0. The first-order valence-corrected chi connectivity index (χ1v) is 10.8. The van der Waals surface area contributed by atoms with Crippen molar-refractivity contribution in [3.05, 3.63) is 96.4 Å². The van der Waals surface area contributed by atoms with Crippen LogP contribution in [0.25, 0.3) is 0 Å². The third-order valence-corrected chi connectivity index (χ3v) is 9.27. The Morgan fingerprint density at radius 2 is 1.04 bits per heavy atom. The normalized spacial score (nSPS) is 11.4. The number of hydrogen-bond donors (Lipinski definition) is 1. The summed E-state index contributed by atoms with van der Waals surface area (Å²) in [6.07, 6.45) is 0. The quantitative estimate of drug-likeness (QED) is 0.566. The van der Waals surface area contributed by atoms with E-state index in [0.717, 1.165) is 5.44 Å². The summed E-state index contributed by atoms with van der Waals surface area (Å²) in [7, 11) is -2.07. The first-order chi connectivity index (χ1) is 12.3. The smallest absolute Gasteiger partial charge is 0.210 e. The zero-order valence-corrected chi connectivity index (χ0v) is 15.3. The summed E-state index contributed by atoms with van der Waals surface area (Å²) in [4.78, 5) is 4.76. The van der Waals surface area contributed by atoms with Gasteiger partial charge in [0, 0.05) is 0 Å². The van der Waals surface area contributed by atoms with Gasteiger partial charge in [-0.1, -0.05) is 54.6 Å². The minimum atomic E-state index is -2.07. The molecule has 1 aromatic heterocycles. The van der Waals surface area contributed by atoms with E-state index >= 15 is 0 Å². The molecule has 0 unspecified atom stereocenters. The summed E-state index contributed by atoms with van der Waals surface area (Å²) < 4.78 is 0. The molecular weight excluding hydrogens is 343 g/mol. The van der Waals surface area contributed by atoms with E-state index in [1.165, 1.54) is 27.3 Å². The fourth-order valence-electron chi connectivity index (χ4n) is 3.23. The van der Waals surface area contributed by atoms with Crippen LogP contribution in [0.5, 0.6) is 0 Å². The Balaban J connectivity index is 2.12. The third kappa shape index (κ3) is 2.76. The van der Waals surface area contributed by atoms with Crippen molar-refractivity contribution in [1.29, 1.82) is 0 Å². The number of anilines is 1. The zero-order valence-electron chi connectivity index (χ0n) is 13.6. The predicted molar refractivity (Wildman–Crippen MR) is 111 cm³/mol. The lowest BCUT2D eigenvalue weighted by Gasteiger charge is -2.25. The number of nitrogens with zero attached hydrogens (tertiary/aromatic N) is 1. The maximum Gasteiger partial charge on any atom is 0.210 e. The first kappa shape index (κ1) is 16.0. The molecule has 0 aliphatic heterocycles.